The molecule has 102 valence electrons. The Hall–Kier alpha value is 0.230. The summed E-state index contributed by atoms with van der Waals surface area (Å²) >= 11 is 2.08. The highest BCUT2D eigenvalue weighted by Gasteiger charge is 2.20. The van der Waals surface area contributed by atoms with E-state index in [-0.39, 0.29) is 6.10 Å². The topological polar surface area (TPSA) is 35.5 Å². The standard InChI is InChI=1S/C13H28N2OS/c1-4-13-10-15(5-6-17-13)9-12(16)8-14-7-11(2)3/h11-14,16H,4-10H2,1-3H3. The van der Waals surface area contributed by atoms with Crippen molar-refractivity contribution in [3.8, 4) is 0 Å². The average molecular weight is 260 g/mol. The van der Waals surface area contributed by atoms with Gasteiger partial charge in [-0.2, -0.15) is 11.8 Å². The average Bonchev–Trinajstić information content (AvgIpc) is 2.28. The van der Waals surface area contributed by atoms with Gasteiger partial charge in [0, 0.05) is 37.2 Å². The summed E-state index contributed by atoms with van der Waals surface area (Å²) in [4.78, 5) is 2.41. The third-order valence-electron chi connectivity index (χ3n) is 3.08. The van der Waals surface area contributed by atoms with E-state index in [1.807, 2.05) is 0 Å². The first-order chi connectivity index (χ1) is 8.11. The summed E-state index contributed by atoms with van der Waals surface area (Å²) in [5.74, 6) is 1.86. The smallest absolute Gasteiger partial charge is 0.0791 e. The van der Waals surface area contributed by atoms with Crippen molar-refractivity contribution in [2.45, 2.75) is 38.5 Å². The Morgan fingerprint density at radius 2 is 2.18 bits per heavy atom. The summed E-state index contributed by atoms with van der Waals surface area (Å²) in [5, 5.41) is 14.0. The predicted molar refractivity (Wildman–Crippen MR) is 76.7 cm³/mol. The predicted octanol–water partition coefficient (Wildman–Crippen LogP) is 1.42. The monoisotopic (exact) mass is 260 g/mol. The van der Waals surface area contributed by atoms with E-state index in [9.17, 15) is 5.11 Å². The third kappa shape index (κ3) is 6.65. The lowest BCUT2D eigenvalue weighted by Gasteiger charge is -2.33. The van der Waals surface area contributed by atoms with Gasteiger partial charge < -0.3 is 10.4 Å². The second-order valence-corrected chi connectivity index (χ2v) is 6.77. The Labute approximate surface area is 110 Å². The maximum absolute atomic E-state index is 9.96. The molecular formula is C13H28N2OS. The van der Waals surface area contributed by atoms with E-state index in [0.717, 1.165) is 38.0 Å². The number of hydrogen-bond acceptors (Lipinski definition) is 4. The Bertz CT molecular complexity index is 202. The molecule has 0 radical (unpaired) electrons. The van der Waals surface area contributed by atoms with Gasteiger partial charge in [0.2, 0.25) is 0 Å². The zero-order chi connectivity index (χ0) is 12.7. The number of rotatable bonds is 7. The highest BCUT2D eigenvalue weighted by atomic mass is 32.2. The van der Waals surface area contributed by atoms with Crippen LogP contribution in [0.2, 0.25) is 0 Å². The highest BCUT2D eigenvalue weighted by Crippen LogP contribution is 2.20. The molecule has 0 aromatic carbocycles. The van der Waals surface area contributed by atoms with Crippen LogP contribution in [0.1, 0.15) is 27.2 Å². The van der Waals surface area contributed by atoms with Crippen LogP contribution >= 0.6 is 11.8 Å². The lowest BCUT2D eigenvalue weighted by Crippen LogP contribution is -2.44. The number of thioether (sulfide) groups is 1. The molecule has 0 saturated carbocycles. The van der Waals surface area contributed by atoms with Gasteiger partial charge in [0.1, 0.15) is 0 Å². The second kappa shape index (κ2) is 8.35. The second-order valence-electron chi connectivity index (χ2n) is 5.37. The number of nitrogens with zero attached hydrogens (tertiary/aromatic N) is 1. The van der Waals surface area contributed by atoms with Crippen LogP contribution in [0.25, 0.3) is 0 Å². The van der Waals surface area contributed by atoms with Crippen LogP contribution in [0.5, 0.6) is 0 Å². The van der Waals surface area contributed by atoms with Crippen LogP contribution in [-0.2, 0) is 0 Å². The van der Waals surface area contributed by atoms with Crippen molar-refractivity contribution < 1.29 is 5.11 Å². The normalized spacial score (nSPS) is 24.2. The van der Waals surface area contributed by atoms with Crippen molar-refractivity contribution in [3.63, 3.8) is 0 Å². The summed E-state index contributed by atoms with van der Waals surface area (Å²) in [7, 11) is 0. The Kier molecular flexibility index (Phi) is 7.51. The molecule has 0 aromatic heterocycles. The van der Waals surface area contributed by atoms with Crippen molar-refractivity contribution in [3.05, 3.63) is 0 Å². The molecule has 1 saturated heterocycles. The van der Waals surface area contributed by atoms with Crippen molar-refractivity contribution >= 4 is 11.8 Å². The summed E-state index contributed by atoms with van der Waals surface area (Å²) in [5.41, 5.74) is 0. The fourth-order valence-corrected chi connectivity index (χ4v) is 3.34. The molecule has 0 amide bonds. The first-order valence-corrected chi connectivity index (χ1v) is 7.89. The lowest BCUT2D eigenvalue weighted by atomic mass is 10.2. The van der Waals surface area contributed by atoms with Gasteiger partial charge in [0.15, 0.2) is 0 Å². The molecule has 0 spiro atoms. The van der Waals surface area contributed by atoms with E-state index in [1.54, 1.807) is 0 Å². The molecular weight excluding hydrogens is 232 g/mol. The minimum absolute atomic E-state index is 0.227. The Morgan fingerprint density at radius 1 is 1.41 bits per heavy atom. The molecule has 1 aliphatic rings. The molecule has 0 aromatic rings. The van der Waals surface area contributed by atoms with Crippen molar-refractivity contribution in [1.29, 1.82) is 0 Å². The molecule has 2 N–H and O–H groups in total. The first-order valence-electron chi connectivity index (χ1n) is 6.84. The van der Waals surface area contributed by atoms with Gasteiger partial charge in [0.25, 0.3) is 0 Å². The number of aliphatic hydroxyl groups excluding tert-OH is 1. The van der Waals surface area contributed by atoms with E-state index in [1.165, 1.54) is 12.2 Å². The fourth-order valence-electron chi connectivity index (χ4n) is 2.09. The molecule has 17 heavy (non-hydrogen) atoms. The van der Waals surface area contributed by atoms with E-state index < -0.39 is 0 Å². The van der Waals surface area contributed by atoms with Crippen LogP contribution in [0, 0.1) is 5.92 Å². The summed E-state index contributed by atoms with van der Waals surface area (Å²) in [6.07, 6.45) is 1.01. The molecule has 4 heteroatoms. The molecule has 1 fully saturated rings. The molecule has 1 aliphatic heterocycles. The minimum Gasteiger partial charge on any atom is -0.390 e. The highest BCUT2D eigenvalue weighted by molar-refractivity contribution is 8.00. The fraction of sp³-hybridized carbons (Fsp3) is 1.00. The van der Waals surface area contributed by atoms with Crippen LogP contribution in [0.3, 0.4) is 0 Å². The Morgan fingerprint density at radius 3 is 2.82 bits per heavy atom. The van der Waals surface area contributed by atoms with E-state index >= 15 is 0 Å². The van der Waals surface area contributed by atoms with Crippen LogP contribution < -0.4 is 5.32 Å². The quantitative estimate of drug-likeness (QED) is 0.726. The summed E-state index contributed by atoms with van der Waals surface area (Å²) in [6.45, 7) is 11.4. The lowest BCUT2D eigenvalue weighted by molar-refractivity contribution is 0.112. The molecule has 0 aliphatic carbocycles. The van der Waals surface area contributed by atoms with Gasteiger partial charge in [-0.1, -0.05) is 20.8 Å². The van der Waals surface area contributed by atoms with E-state index in [0.29, 0.717) is 5.92 Å². The first kappa shape index (κ1) is 15.3. The van der Waals surface area contributed by atoms with Crippen LogP contribution in [-0.4, -0.2) is 59.8 Å². The van der Waals surface area contributed by atoms with E-state index in [2.05, 4.69) is 42.7 Å². The van der Waals surface area contributed by atoms with Gasteiger partial charge in [-0.25, -0.2) is 0 Å². The molecule has 3 nitrogen and oxygen atoms in total. The van der Waals surface area contributed by atoms with Gasteiger partial charge >= 0.3 is 0 Å². The maximum atomic E-state index is 9.96. The van der Waals surface area contributed by atoms with Gasteiger partial charge in [-0.15, -0.1) is 0 Å². The van der Waals surface area contributed by atoms with Crippen molar-refractivity contribution in [2.24, 2.45) is 5.92 Å². The van der Waals surface area contributed by atoms with Crippen molar-refractivity contribution in [1.82, 2.24) is 10.2 Å². The largest absolute Gasteiger partial charge is 0.390 e. The van der Waals surface area contributed by atoms with Gasteiger partial charge in [-0.05, 0) is 18.9 Å². The molecule has 2 unspecified atom stereocenters. The minimum atomic E-state index is -0.227. The van der Waals surface area contributed by atoms with Gasteiger partial charge in [0.05, 0.1) is 6.10 Å². The molecule has 2 atom stereocenters. The number of nitrogens with one attached hydrogen (secondary N) is 1. The zero-order valence-electron chi connectivity index (χ0n) is 11.5. The Balaban J connectivity index is 2.14. The number of aliphatic hydroxyl groups is 1. The third-order valence-corrected chi connectivity index (χ3v) is 4.45. The number of β-amino-alcohol motifs (C(OH)–C–C–N with tert-alkyl or cyclic N) is 1. The van der Waals surface area contributed by atoms with Crippen LogP contribution in [0.4, 0.5) is 0 Å². The molecule has 1 rings (SSSR count). The number of hydrogen-bond donors (Lipinski definition) is 2. The van der Waals surface area contributed by atoms with Crippen LogP contribution in [0.15, 0.2) is 0 Å². The zero-order valence-corrected chi connectivity index (χ0v) is 12.3. The molecule has 1 heterocycles. The summed E-state index contributed by atoms with van der Waals surface area (Å²) < 4.78 is 0. The SMILES string of the molecule is CCC1CN(CC(O)CNCC(C)C)CCS1. The molecule has 0 bridgehead atoms. The maximum Gasteiger partial charge on any atom is 0.0791 e. The summed E-state index contributed by atoms with van der Waals surface area (Å²) in [6, 6.07) is 0. The van der Waals surface area contributed by atoms with Crippen molar-refractivity contribution in [2.75, 3.05) is 38.5 Å². The van der Waals surface area contributed by atoms with E-state index in [4.69, 9.17) is 0 Å². The van der Waals surface area contributed by atoms with Gasteiger partial charge in [-0.3, -0.25) is 4.90 Å².